The van der Waals surface area contributed by atoms with Gasteiger partial charge in [-0.15, -0.1) is 0 Å². The van der Waals surface area contributed by atoms with E-state index in [0.29, 0.717) is 26.0 Å². The molecule has 0 aliphatic heterocycles. The van der Waals surface area contributed by atoms with E-state index in [1.807, 2.05) is 6.92 Å². The molecule has 0 saturated heterocycles. The summed E-state index contributed by atoms with van der Waals surface area (Å²) in [5.41, 5.74) is 5.31. The molecule has 0 aliphatic rings. The average Bonchev–Trinajstić information content (AvgIpc) is 2.20. The van der Waals surface area contributed by atoms with E-state index in [1.54, 1.807) is 0 Å². The first-order chi connectivity index (χ1) is 7.11. The van der Waals surface area contributed by atoms with Gasteiger partial charge in [-0.1, -0.05) is 0 Å². The second-order valence-electron chi connectivity index (χ2n) is 3.52. The Kier molecular flexibility index (Phi) is 8.27. The predicted molar refractivity (Wildman–Crippen MR) is 56.5 cm³/mol. The molecule has 2 atom stereocenters. The van der Waals surface area contributed by atoms with Crippen LogP contribution in [-0.2, 0) is 9.53 Å². The first kappa shape index (κ1) is 14.3. The third-order valence-electron chi connectivity index (χ3n) is 2.18. The van der Waals surface area contributed by atoms with Crippen molar-refractivity contribution >= 4 is 5.97 Å². The lowest BCUT2D eigenvalue weighted by molar-refractivity contribution is -0.143. The minimum atomic E-state index is -0.876. The Morgan fingerprint density at radius 3 is 2.67 bits per heavy atom. The summed E-state index contributed by atoms with van der Waals surface area (Å²) in [4.78, 5) is 10.8. The van der Waals surface area contributed by atoms with Crippen molar-refractivity contribution in [2.45, 2.75) is 32.3 Å². The Morgan fingerprint density at radius 2 is 2.20 bits per heavy atom. The Hall–Kier alpha value is -0.650. The Labute approximate surface area is 90.2 Å². The number of hydrogen-bond donors (Lipinski definition) is 3. The monoisotopic (exact) mass is 219 g/mol. The van der Waals surface area contributed by atoms with Gasteiger partial charge in [0.1, 0.15) is 0 Å². The van der Waals surface area contributed by atoms with Crippen LogP contribution in [0, 0.1) is 5.92 Å². The molecule has 0 rings (SSSR count). The normalized spacial score (nSPS) is 14.9. The maximum absolute atomic E-state index is 10.8. The molecule has 0 heterocycles. The minimum absolute atomic E-state index is 0.197. The summed E-state index contributed by atoms with van der Waals surface area (Å²) in [5, 5.41) is 18.4. The van der Waals surface area contributed by atoms with Crippen LogP contribution in [0.4, 0.5) is 0 Å². The zero-order valence-corrected chi connectivity index (χ0v) is 9.19. The Morgan fingerprint density at radius 1 is 1.53 bits per heavy atom. The van der Waals surface area contributed by atoms with Gasteiger partial charge in [-0.05, 0) is 32.7 Å². The van der Waals surface area contributed by atoms with E-state index < -0.39 is 18.0 Å². The molecule has 5 heteroatoms. The summed E-state index contributed by atoms with van der Waals surface area (Å²) in [6.45, 7) is 3.03. The van der Waals surface area contributed by atoms with E-state index in [1.165, 1.54) is 0 Å². The molecule has 0 bridgehead atoms. The maximum atomic E-state index is 10.8. The number of rotatable bonds is 9. The first-order valence-corrected chi connectivity index (χ1v) is 5.30. The number of hydrogen-bond acceptors (Lipinski definition) is 4. The van der Waals surface area contributed by atoms with Crippen molar-refractivity contribution in [2.75, 3.05) is 19.8 Å². The van der Waals surface area contributed by atoms with Crippen molar-refractivity contribution in [3.05, 3.63) is 0 Å². The van der Waals surface area contributed by atoms with Crippen LogP contribution in [0.25, 0.3) is 0 Å². The standard InChI is InChI=1S/C10H21NO4/c1-2-15-7-9(12)6-8(10(13)14)4-3-5-11/h8-9,12H,2-7,11H2,1H3,(H,13,14). The molecule has 5 nitrogen and oxygen atoms in total. The second kappa shape index (κ2) is 8.64. The number of nitrogens with two attached hydrogens (primary N) is 1. The lowest BCUT2D eigenvalue weighted by atomic mass is 9.96. The number of carbonyl (C=O) groups is 1. The zero-order valence-electron chi connectivity index (χ0n) is 9.19. The molecule has 0 aliphatic carbocycles. The van der Waals surface area contributed by atoms with E-state index in [9.17, 15) is 9.90 Å². The van der Waals surface area contributed by atoms with Gasteiger partial charge in [0.2, 0.25) is 0 Å². The van der Waals surface area contributed by atoms with Gasteiger partial charge in [-0.25, -0.2) is 0 Å². The van der Waals surface area contributed by atoms with Gasteiger partial charge >= 0.3 is 5.97 Å². The molecule has 0 saturated carbocycles. The van der Waals surface area contributed by atoms with Gasteiger partial charge in [-0.2, -0.15) is 0 Å². The van der Waals surface area contributed by atoms with Crippen LogP contribution in [0.15, 0.2) is 0 Å². The molecule has 0 spiro atoms. The van der Waals surface area contributed by atoms with Crippen LogP contribution in [-0.4, -0.2) is 42.0 Å². The van der Waals surface area contributed by atoms with Crippen molar-refractivity contribution < 1.29 is 19.7 Å². The van der Waals surface area contributed by atoms with Crippen LogP contribution in [0.5, 0.6) is 0 Å². The van der Waals surface area contributed by atoms with Crippen molar-refractivity contribution in [2.24, 2.45) is 11.7 Å². The summed E-state index contributed by atoms with van der Waals surface area (Å²) in [6, 6.07) is 0. The molecule has 0 fully saturated rings. The van der Waals surface area contributed by atoms with Gasteiger partial charge in [0.25, 0.3) is 0 Å². The highest BCUT2D eigenvalue weighted by molar-refractivity contribution is 5.69. The molecule has 0 aromatic rings. The predicted octanol–water partition coefficient (Wildman–Crippen LogP) is 0.214. The summed E-state index contributed by atoms with van der Waals surface area (Å²) < 4.78 is 5.01. The minimum Gasteiger partial charge on any atom is -0.481 e. The highest BCUT2D eigenvalue weighted by Gasteiger charge is 2.20. The molecule has 15 heavy (non-hydrogen) atoms. The number of ether oxygens (including phenoxy) is 1. The third-order valence-corrected chi connectivity index (χ3v) is 2.18. The number of carboxylic acid groups (broad SMARTS) is 1. The molecule has 0 aromatic heterocycles. The van der Waals surface area contributed by atoms with E-state index in [0.717, 1.165) is 0 Å². The fourth-order valence-electron chi connectivity index (χ4n) is 1.36. The number of aliphatic hydroxyl groups is 1. The van der Waals surface area contributed by atoms with Gasteiger partial charge in [0, 0.05) is 6.61 Å². The fraction of sp³-hybridized carbons (Fsp3) is 0.900. The van der Waals surface area contributed by atoms with E-state index in [4.69, 9.17) is 15.6 Å². The molecule has 90 valence electrons. The molecular formula is C10H21NO4. The number of carboxylic acids is 1. The molecule has 4 N–H and O–H groups in total. The van der Waals surface area contributed by atoms with Crippen LogP contribution < -0.4 is 5.73 Å². The van der Waals surface area contributed by atoms with Crippen LogP contribution in [0.3, 0.4) is 0 Å². The summed E-state index contributed by atoms with van der Waals surface area (Å²) in [6.07, 6.45) is 0.701. The van der Waals surface area contributed by atoms with E-state index >= 15 is 0 Å². The van der Waals surface area contributed by atoms with E-state index in [2.05, 4.69) is 0 Å². The van der Waals surface area contributed by atoms with Crippen LogP contribution in [0.2, 0.25) is 0 Å². The Bertz CT molecular complexity index is 175. The van der Waals surface area contributed by atoms with E-state index in [-0.39, 0.29) is 13.0 Å². The maximum Gasteiger partial charge on any atom is 0.306 e. The van der Waals surface area contributed by atoms with Crippen LogP contribution in [0.1, 0.15) is 26.2 Å². The molecule has 2 unspecified atom stereocenters. The highest BCUT2D eigenvalue weighted by atomic mass is 16.5. The van der Waals surface area contributed by atoms with Crippen LogP contribution >= 0.6 is 0 Å². The SMILES string of the molecule is CCOCC(O)CC(CCCN)C(=O)O. The topological polar surface area (TPSA) is 92.8 Å². The first-order valence-electron chi connectivity index (χ1n) is 5.30. The lowest BCUT2D eigenvalue weighted by Gasteiger charge is -2.16. The van der Waals surface area contributed by atoms with Crippen molar-refractivity contribution in [1.82, 2.24) is 0 Å². The lowest BCUT2D eigenvalue weighted by Crippen LogP contribution is -2.25. The quantitative estimate of drug-likeness (QED) is 0.515. The van der Waals surface area contributed by atoms with Gasteiger partial charge in [0.15, 0.2) is 0 Å². The second-order valence-corrected chi connectivity index (χ2v) is 3.52. The van der Waals surface area contributed by atoms with Crippen molar-refractivity contribution in [3.63, 3.8) is 0 Å². The van der Waals surface area contributed by atoms with Gasteiger partial charge in [-0.3, -0.25) is 4.79 Å². The largest absolute Gasteiger partial charge is 0.481 e. The zero-order chi connectivity index (χ0) is 11.7. The van der Waals surface area contributed by atoms with Crippen molar-refractivity contribution in [1.29, 1.82) is 0 Å². The van der Waals surface area contributed by atoms with Gasteiger partial charge in [0.05, 0.1) is 18.6 Å². The number of aliphatic hydroxyl groups excluding tert-OH is 1. The Balaban J connectivity index is 3.87. The van der Waals surface area contributed by atoms with Gasteiger partial charge < -0.3 is 20.7 Å². The fourth-order valence-corrected chi connectivity index (χ4v) is 1.36. The number of aliphatic carboxylic acids is 1. The molecule has 0 radical (unpaired) electrons. The average molecular weight is 219 g/mol. The smallest absolute Gasteiger partial charge is 0.306 e. The highest BCUT2D eigenvalue weighted by Crippen LogP contribution is 2.14. The molecule has 0 aromatic carbocycles. The summed E-state index contributed by atoms with van der Waals surface area (Å²) in [5.74, 6) is -1.40. The third kappa shape index (κ3) is 7.30. The summed E-state index contributed by atoms with van der Waals surface area (Å²) in [7, 11) is 0. The molecule has 0 amide bonds. The van der Waals surface area contributed by atoms with Crippen molar-refractivity contribution in [3.8, 4) is 0 Å². The summed E-state index contributed by atoms with van der Waals surface area (Å²) >= 11 is 0. The molecular weight excluding hydrogens is 198 g/mol.